The van der Waals surface area contributed by atoms with Crippen molar-refractivity contribution in [3.8, 4) is 11.3 Å². The van der Waals surface area contributed by atoms with Gasteiger partial charge in [-0.2, -0.15) is 5.10 Å². The van der Waals surface area contributed by atoms with E-state index >= 15 is 0 Å². The topological polar surface area (TPSA) is 111 Å². The number of nitrogens with two attached hydrogens (primary N) is 1. The van der Waals surface area contributed by atoms with Crippen LogP contribution in [-0.2, 0) is 16.4 Å². The Bertz CT molecular complexity index is 1400. The molecule has 0 atom stereocenters. The number of nitrogens with zero attached hydrogens (tertiary/aromatic N) is 4. The van der Waals surface area contributed by atoms with Crippen molar-refractivity contribution in [1.82, 2.24) is 14.6 Å². The summed E-state index contributed by atoms with van der Waals surface area (Å²) in [6.45, 7) is 0.442. The van der Waals surface area contributed by atoms with Gasteiger partial charge in [0.1, 0.15) is 5.56 Å². The highest BCUT2D eigenvalue weighted by Gasteiger charge is 2.29. The Morgan fingerprint density at radius 1 is 1.07 bits per heavy atom. The summed E-state index contributed by atoms with van der Waals surface area (Å²) in [7, 11) is -3.87. The molecule has 9 heteroatoms. The van der Waals surface area contributed by atoms with Crippen molar-refractivity contribution in [2.75, 3.05) is 11.4 Å². The fourth-order valence-electron chi connectivity index (χ4n) is 3.76. The van der Waals surface area contributed by atoms with E-state index in [2.05, 4.69) is 10.1 Å². The van der Waals surface area contributed by atoms with Gasteiger partial charge in [-0.15, -0.1) is 0 Å². The van der Waals surface area contributed by atoms with E-state index in [0.717, 1.165) is 16.8 Å². The van der Waals surface area contributed by atoms with Crippen LogP contribution < -0.4 is 10.0 Å². The number of fused-ring (bicyclic) bond motifs is 2. The van der Waals surface area contributed by atoms with Gasteiger partial charge in [-0.3, -0.25) is 4.79 Å². The fourth-order valence-corrected chi connectivity index (χ4v) is 4.30. The molecule has 0 aliphatic carbocycles. The van der Waals surface area contributed by atoms with Crippen LogP contribution in [0.2, 0.25) is 0 Å². The maximum atomic E-state index is 13.3. The van der Waals surface area contributed by atoms with E-state index in [4.69, 9.17) is 5.14 Å². The Labute approximate surface area is 172 Å². The minimum Gasteiger partial charge on any atom is -0.308 e. The van der Waals surface area contributed by atoms with Crippen molar-refractivity contribution >= 4 is 27.3 Å². The molecule has 2 N–H and O–H groups in total. The molecule has 1 aliphatic heterocycles. The van der Waals surface area contributed by atoms with Crippen LogP contribution in [0, 0.1) is 0 Å². The molecule has 5 rings (SSSR count). The molecule has 0 radical (unpaired) electrons. The molecule has 3 heterocycles. The molecule has 1 aliphatic rings. The quantitative estimate of drug-likeness (QED) is 0.548. The van der Waals surface area contributed by atoms with E-state index in [-0.39, 0.29) is 10.8 Å². The first-order valence-electron chi connectivity index (χ1n) is 9.29. The highest BCUT2D eigenvalue weighted by molar-refractivity contribution is 7.89. The van der Waals surface area contributed by atoms with E-state index in [0.29, 0.717) is 29.9 Å². The number of sulfonamides is 1. The zero-order chi connectivity index (χ0) is 20.9. The lowest BCUT2D eigenvalue weighted by Crippen LogP contribution is -2.29. The predicted molar refractivity (Wildman–Crippen MR) is 112 cm³/mol. The molecule has 150 valence electrons. The van der Waals surface area contributed by atoms with Crippen LogP contribution in [0.3, 0.4) is 0 Å². The third-order valence-corrected chi connectivity index (χ3v) is 6.14. The molecular formula is C21H17N5O3S. The zero-order valence-electron chi connectivity index (χ0n) is 15.8. The first-order chi connectivity index (χ1) is 14.4. The predicted octanol–water partition coefficient (Wildman–Crippen LogP) is 2.25. The lowest BCUT2D eigenvalue weighted by molar-refractivity contribution is 0.0990. The SMILES string of the molecule is NS(=O)(=O)c1ccc2c(c1)N(C(=O)c1cnn3c(-c4ccccc4)ccnc13)CC2. The monoisotopic (exact) mass is 419 g/mol. The molecule has 8 nitrogen and oxygen atoms in total. The van der Waals surface area contributed by atoms with Crippen LogP contribution in [0.15, 0.2) is 71.9 Å². The van der Waals surface area contributed by atoms with Gasteiger partial charge < -0.3 is 4.90 Å². The lowest BCUT2D eigenvalue weighted by Gasteiger charge is -2.17. The number of carbonyl (C=O) groups excluding carboxylic acids is 1. The van der Waals surface area contributed by atoms with Crippen LogP contribution in [0.25, 0.3) is 16.9 Å². The van der Waals surface area contributed by atoms with Gasteiger partial charge in [0.25, 0.3) is 5.91 Å². The van der Waals surface area contributed by atoms with E-state index < -0.39 is 10.0 Å². The Kier molecular flexibility index (Phi) is 4.16. The Balaban J connectivity index is 1.58. The van der Waals surface area contributed by atoms with Gasteiger partial charge in [-0.25, -0.2) is 23.1 Å². The minimum atomic E-state index is -3.87. The summed E-state index contributed by atoms with van der Waals surface area (Å²) < 4.78 is 25.1. The minimum absolute atomic E-state index is 0.0229. The standard InChI is InChI=1S/C21H17N5O3S/c22-30(28,29)16-7-6-15-9-11-25(19(15)12-16)21(27)17-13-24-26-18(8-10-23-20(17)26)14-4-2-1-3-5-14/h1-8,10,12-13H,9,11H2,(H2,22,28,29). The summed E-state index contributed by atoms with van der Waals surface area (Å²) in [5.41, 5.74) is 4.00. The second kappa shape index (κ2) is 6.75. The molecule has 2 aromatic heterocycles. The third kappa shape index (κ3) is 2.95. The van der Waals surface area contributed by atoms with Gasteiger partial charge in [0, 0.05) is 24.0 Å². The molecule has 0 bridgehead atoms. The number of carbonyl (C=O) groups is 1. The summed E-state index contributed by atoms with van der Waals surface area (Å²) in [5, 5.41) is 9.65. The molecule has 0 fully saturated rings. The number of amides is 1. The maximum Gasteiger partial charge on any atom is 0.263 e. The summed E-state index contributed by atoms with van der Waals surface area (Å²) in [6, 6.07) is 16.2. The molecule has 4 aromatic rings. The molecule has 0 spiro atoms. The highest BCUT2D eigenvalue weighted by Crippen LogP contribution is 2.32. The summed E-state index contributed by atoms with van der Waals surface area (Å²) >= 11 is 0. The van der Waals surface area contributed by atoms with Gasteiger partial charge in [-0.05, 0) is 30.2 Å². The largest absolute Gasteiger partial charge is 0.308 e. The van der Waals surface area contributed by atoms with Crippen molar-refractivity contribution in [1.29, 1.82) is 0 Å². The van der Waals surface area contributed by atoms with Crippen molar-refractivity contribution < 1.29 is 13.2 Å². The van der Waals surface area contributed by atoms with Gasteiger partial charge >= 0.3 is 0 Å². The van der Waals surface area contributed by atoms with E-state index in [1.165, 1.54) is 18.3 Å². The molecule has 0 unspecified atom stereocenters. The van der Waals surface area contributed by atoms with Crippen LogP contribution in [0.4, 0.5) is 5.69 Å². The van der Waals surface area contributed by atoms with Crippen LogP contribution in [0.5, 0.6) is 0 Å². The molecule has 0 saturated heterocycles. The van der Waals surface area contributed by atoms with Gasteiger partial charge in [0.2, 0.25) is 10.0 Å². The molecule has 0 saturated carbocycles. The Morgan fingerprint density at radius 3 is 2.63 bits per heavy atom. The van der Waals surface area contributed by atoms with Gasteiger partial charge in [-0.1, -0.05) is 36.4 Å². The van der Waals surface area contributed by atoms with Crippen LogP contribution in [0.1, 0.15) is 15.9 Å². The van der Waals surface area contributed by atoms with Gasteiger partial charge in [0.05, 0.1) is 16.8 Å². The van der Waals surface area contributed by atoms with E-state index in [1.54, 1.807) is 21.7 Å². The number of hydrogen-bond donors (Lipinski definition) is 1. The fraction of sp³-hybridized carbons (Fsp3) is 0.0952. The van der Waals surface area contributed by atoms with Crippen molar-refractivity contribution in [3.05, 3.63) is 78.1 Å². The number of hydrogen-bond acceptors (Lipinski definition) is 5. The number of benzene rings is 2. The second-order valence-electron chi connectivity index (χ2n) is 7.03. The van der Waals surface area contributed by atoms with Crippen LogP contribution in [-0.4, -0.2) is 35.5 Å². The molecule has 2 aromatic carbocycles. The first-order valence-corrected chi connectivity index (χ1v) is 10.8. The van der Waals surface area contributed by atoms with Crippen molar-refractivity contribution in [2.45, 2.75) is 11.3 Å². The number of rotatable bonds is 3. The number of primary sulfonamides is 1. The highest BCUT2D eigenvalue weighted by atomic mass is 32.2. The molecular weight excluding hydrogens is 402 g/mol. The summed E-state index contributed by atoms with van der Waals surface area (Å²) in [4.78, 5) is 19.2. The normalized spacial score (nSPS) is 13.6. The smallest absolute Gasteiger partial charge is 0.263 e. The van der Waals surface area contributed by atoms with Crippen LogP contribution >= 0.6 is 0 Å². The summed E-state index contributed by atoms with van der Waals surface area (Å²) in [5.74, 6) is -0.284. The second-order valence-corrected chi connectivity index (χ2v) is 8.59. The zero-order valence-corrected chi connectivity index (χ0v) is 16.6. The molecule has 1 amide bonds. The van der Waals surface area contributed by atoms with Crippen molar-refractivity contribution in [3.63, 3.8) is 0 Å². The maximum absolute atomic E-state index is 13.3. The van der Waals surface area contributed by atoms with Crippen molar-refractivity contribution in [2.24, 2.45) is 5.14 Å². The first kappa shape index (κ1) is 18.5. The summed E-state index contributed by atoms with van der Waals surface area (Å²) in [6.07, 6.45) is 3.78. The third-order valence-electron chi connectivity index (χ3n) is 5.23. The molecule has 30 heavy (non-hydrogen) atoms. The number of aromatic nitrogens is 3. The Hall–Kier alpha value is -3.56. The lowest BCUT2D eigenvalue weighted by atomic mass is 10.1. The van der Waals surface area contributed by atoms with E-state index in [9.17, 15) is 13.2 Å². The average molecular weight is 419 g/mol. The average Bonchev–Trinajstić information content (AvgIpc) is 3.37. The van der Waals surface area contributed by atoms with Gasteiger partial charge in [0.15, 0.2) is 5.65 Å². The Morgan fingerprint density at radius 2 is 1.87 bits per heavy atom. The van der Waals surface area contributed by atoms with E-state index in [1.807, 2.05) is 36.4 Å². The number of anilines is 1.